The largest absolute Gasteiger partial charge is 0.374 e. The summed E-state index contributed by atoms with van der Waals surface area (Å²) >= 11 is 1.66. The van der Waals surface area contributed by atoms with E-state index < -0.39 is 0 Å². The van der Waals surface area contributed by atoms with Gasteiger partial charge in [-0.05, 0) is 19.8 Å². The third kappa shape index (κ3) is 2.36. The quantitative estimate of drug-likeness (QED) is 0.597. The number of nitrogens with one attached hydrogen (secondary N) is 1. The van der Waals surface area contributed by atoms with Crippen molar-refractivity contribution >= 4 is 11.3 Å². The molecule has 3 N–H and O–H groups in total. The van der Waals surface area contributed by atoms with Gasteiger partial charge in [-0.25, -0.2) is 0 Å². The van der Waals surface area contributed by atoms with Gasteiger partial charge < -0.3 is 4.74 Å². The molecule has 5 heteroatoms. The maximum atomic E-state index is 5.78. The molecule has 0 spiro atoms. The van der Waals surface area contributed by atoms with Gasteiger partial charge in [-0.2, -0.15) is 0 Å². The van der Waals surface area contributed by atoms with Crippen molar-refractivity contribution in [2.24, 2.45) is 5.84 Å². The lowest BCUT2D eigenvalue weighted by molar-refractivity contribution is -0.0113. The van der Waals surface area contributed by atoms with Crippen LogP contribution in [0.1, 0.15) is 24.6 Å². The van der Waals surface area contributed by atoms with Crippen LogP contribution < -0.4 is 11.3 Å². The van der Waals surface area contributed by atoms with Gasteiger partial charge in [-0.15, -0.1) is 11.3 Å². The smallest absolute Gasteiger partial charge is 0.0824 e. The van der Waals surface area contributed by atoms with Crippen LogP contribution in [0.2, 0.25) is 0 Å². The molecule has 2 unspecified atom stereocenters. The molecule has 0 aliphatic carbocycles. The minimum Gasteiger partial charge on any atom is -0.374 e. The van der Waals surface area contributed by atoms with Crippen molar-refractivity contribution in [1.82, 2.24) is 10.4 Å². The van der Waals surface area contributed by atoms with Gasteiger partial charge in [-0.3, -0.25) is 16.3 Å². The zero-order valence-corrected chi connectivity index (χ0v) is 9.72. The summed E-state index contributed by atoms with van der Waals surface area (Å²) in [5.74, 6) is 5.61. The molecule has 0 amide bonds. The van der Waals surface area contributed by atoms with Crippen LogP contribution >= 0.6 is 11.3 Å². The topological polar surface area (TPSA) is 60.2 Å². The molecule has 15 heavy (non-hydrogen) atoms. The van der Waals surface area contributed by atoms with E-state index in [4.69, 9.17) is 10.6 Å². The van der Waals surface area contributed by atoms with E-state index in [0.717, 1.165) is 25.9 Å². The fourth-order valence-electron chi connectivity index (χ4n) is 2.07. The van der Waals surface area contributed by atoms with Crippen molar-refractivity contribution in [3.8, 4) is 0 Å². The van der Waals surface area contributed by atoms with Crippen molar-refractivity contribution < 1.29 is 4.74 Å². The molecule has 0 aromatic carbocycles. The summed E-state index contributed by atoms with van der Waals surface area (Å²) in [6, 6.07) is 0.167. The second-order valence-corrected chi connectivity index (χ2v) is 5.13. The predicted octanol–water partition coefficient (Wildman–Crippen LogP) is 1.09. The molecule has 0 saturated carbocycles. The molecule has 4 nitrogen and oxygen atoms in total. The summed E-state index contributed by atoms with van der Waals surface area (Å²) in [4.78, 5) is 5.31. The average molecular weight is 227 g/mol. The van der Waals surface area contributed by atoms with Crippen molar-refractivity contribution in [1.29, 1.82) is 0 Å². The number of hydrazine groups is 1. The Labute approximate surface area is 93.8 Å². The third-order valence-electron chi connectivity index (χ3n) is 3.08. The van der Waals surface area contributed by atoms with E-state index in [1.807, 2.05) is 11.7 Å². The van der Waals surface area contributed by atoms with Crippen molar-refractivity contribution in [2.45, 2.75) is 37.8 Å². The van der Waals surface area contributed by atoms with Gasteiger partial charge in [0.2, 0.25) is 0 Å². The molecule has 0 radical (unpaired) electrons. The molecular weight excluding hydrogens is 210 g/mol. The van der Waals surface area contributed by atoms with E-state index in [9.17, 15) is 0 Å². The Hall–Kier alpha value is -0.490. The number of rotatable bonds is 4. The van der Waals surface area contributed by atoms with Crippen LogP contribution in [-0.4, -0.2) is 23.2 Å². The molecule has 2 rings (SSSR count). The number of aromatic nitrogens is 1. The number of nitrogens with zero attached hydrogens (tertiary/aromatic N) is 1. The first kappa shape index (κ1) is 11.0. The predicted molar refractivity (Wildman–Crippen MR) is 60.5 cm³/mol. The van der Waals surface area contributed by atoms with Crippen molar-refractivity contribution in [3.63, 3.8) is 0 Å². The second kappa shape index (κ2) is 4.57. The summed E-state index contributed by atoms with van der Waals surface area (Å²) in [6.45, 7) is 2.98. The minimum atomic E-state index is -0.126. The number of nitrogens with two attached hydrogens (primary N) is 1. The van der Waals surface area contributed by atoms with E-state index in [1.54, 1.807) is 11.3 Å². The zero-order chi connectivity index (χ0) is 10.7. The van der Waals surface area contributed by atoms with Gasteiger partial charge >= 0.3 is 0 Å². The van der Waals surface area contributed by atoms with Crippen LogP contribution in [-0.2, 0) is 11.2 Å². The number of ether oxygens (including phenoxy) is 1. The van der Waals surface area contributed by atoms with Crippen LogP contribution in [0.25, 0.3) is 0 Å². The SMILES string of the molecule is CC1(C(Cc2cncs2)NN)CCCO1. The first-order valence-corrected chi connectivity index (χ1v) is 6.10. The number of hydrogen-bond acceptors (Lipinski definition) is 5. The molecule has 1 aliphatic rings. The summed E-state index contributed by atoms with van der Waals surface area (Å²) in [7, 11) is 0. The molecule has 2 heterocycles. The second-order valence-electron chi connectivity index (χ2n) is 4.16. The van der Waals surface area contributed by atoms with Crippen LogP contribution in [0.3, 0.4) is 0 Å². The lowest BCUT2D eigenvalue weighted by Crippen LogP contribution is -2.52. The van der Waals surface area contributed by atoms with E-state index in [1.165, 1.54) is 4.88 Å². The Kier molecular flexibility index (Phi) is 3.35. The zero-order valence-electron chi connectivity index (χ0n) is 8.90. The molecule has 1 saturated heterocycles. The molecule has 0 bridgehead atoms. The molecule has 1 aliphatic heterocycles. The van der Waals surface area contributed by atoms with Crippen LogP contribution in [0.15, 0.2) is 11.7 Å². The molecule has 1 aromatic rings. The standard InChI is InChI=1S/C10H17N3OS/c1-10(3-2-4-14-10)9(13-11)5-8-6-12-7-15-8/h6-7,9,13H,2-5,11H2,1H3. The summed E-state index contributed by atoms with van der Waals surface area (Å²) in [5, 5.41) is 0. The summed E-state index contributed by atoms with van der Waals surface area (Å²) in [6.07, 6.45) is 4.98. The fraction of sp³-hybridized carbons (Fsp3) is 0.700. The highest BCUT2D eigenvalue weighted by atomic mass is 32.1. The van der Waals surface area contributed by atoms with E-state index in [-0.39, 0.29) is 11.6 Å². The maximum absolute atomic E-state index is 5.78. The third-order valence-corrected chi connectivity index (χ3v) is 3.88. The maximum Gasteiger partial charge on any atom is 0.0824 e. The van der Waals surface area contributed by atoms with Gasteiger partial charge in [-0.1, -0.05) is 0 Å². The summed E-state index contributed by atoms with van der Waals surface area (Å²) < 4.78 is 5.78. The molecular formula is C10H17N3OS. The lowest BCUT2D eigenvalue weighted by atomic mass is 9.91. The first-order valence-electron chi connectivity index (χ1n) is 5.22. The van der Waals surface area contributed by atoms with Crippen molar-refractivity contribution in [3.05, 3.63) is 16.6 Å². The monoisotopic (exact) mass is 227 g/mol. The Morgan fingerprint density at radius 3 is 3.20 bits per heavy atom. The Morgan fingerprint density at radius 2 is 2.67 bits per heavy atom. The summed E-state index contributed by atoms with van der Waals surface area (Å²) in [5.41, 5.74) is 4.60. The molecule has 2 atom stereocenters. The van der Waals surface area contributed by atoms with Crippen LogP contribution in [0, 0.1) is 0 Å². The molecule has 1 fully saturated rings. The van der Waals surface area contributed by atoms with Gasteiger partial charge in [0.15, 0.2) is 0 Å². The van der Waals surface area contributed by atoms with Crippen molar-refractivity contribution in [2.75, 3.05) is 6.61 Å². The van der Waals surface area contributed by atoms with Gasteiger partial charge in [0.25, 0.3) is 0 Å². The van der Waals surface area contributed by atoms with E-state index in [2.05, 4.69) is 17.3 Å². The Morgan fingerprint density at radius 1 is 1.80 bits per heavy atom. The number of thiazole rings is 1. The van der Waals surface area contributed by atoms with Crippen LogP contribution in [0.5, 0.6) is 0 Å². The van der Waals surface area contributed by atoms with E-state index in [0.29, 0.717) is 0 Å². The van der Waals surface area contributed by atoms with Crippen LogP contribution in [0.4, 0.5) is 0 Å². The van der Waals surface area contributed by atoms with Gasteiger partial charge in [0.05, 0.1) is 17.2 Å². The fourth-order valence-corrected chi connectivity index (χ4v) is 2.71. The number of hydrogen-bond donors (Lipinski definition) is 2. The highest BCUT2D eigenvalue weighted by Crippen LogP contribution is 2.30. The first-order chi connectivity index (χ1) is 7.24. The Balaban J connectivity index is 2.03. The average Bonchev–Trinajstić information content (AvgIpc) is 2.85. The molecule has 1 aromatic heterocycles. The van der Waals surface area contributed by atoms with E-state index >= 15 is 0 Å². The Bertz CT molecular complexity index is 296. The normalized spacial score (nSPS) is 28.1. The highest BCUT2D eigenvalue weighted by molar-refractivity contribution is 7.09. The lowest BCUT2D eigenvalue weighted by Gasteiger charge is -2.32. The van der Waals surface area contributed by atoms with Gasteiger partial charge in [0, 0.05) is 24.1 Å². The highest BCUT2D eigenvalue weighted by Gasteiger charge is 2.37. The minimum absolute atomic E-state index is 0.126. The van der Waals surface area contributed by atoms with Gasteiger partial charge in [0.1, 0.15) is 0 Å². The molecule has 84 valence electrons.